The second kappa shape index (κ2) is 6.82. The third kappa shape index (κ3) is 3.67. The SMILES string of the molecule is O=C(CNCc1nc2ncccc2[nH]1)OCc1ccccc1. The Kier molecular flexibility index (Phi) is 4.41. The van der Waals surface area contributed by atoms with Gasteiger partial charge in [0.05, 0.1) is 18.6 Å². The number of imidazole rings is 1. The summed E-state index contributed by atoms with van der Waals surface area (Å²) in [5.74, 6) is 0.447. The summed E-state index contributed by atoms with van der Waals surface area (Å²) < 4.78 is 5.18. The molecule has 0 saturated heterocycles. The molecule has 2 heterocycles. The van der Waals surface area contributed by atoms with Gasteiger partial charge in [-0.1, -0.05) is 30.3 Å². The van der Waals surface area contributed by atoms with E-state index in [0.29, 0.717) is 12.2 Å². The van der Waals surface area contributed by atoms with E-state index in [2.05, 4.69) is 20.3 Å². The first-order chi connectivity index (χ1) is 10.8. The minimum Gasteiger partial charge on any atom is -0.460 e. The molecule has 112 valence electrons. The lowest BCUT2D eigenvalue weighted by molar-refractivity contribution is -0.143. The number of fused-ring (bicyclic) bond motifs is 1. The molecule has 1 aromatic carbocycles. The highest BCUT2D eigenvalue weighted by Gasteiger charge is 2.05. The molecule has 3 rings (SSSR count). The molecule has 2 N–H and O–H groups in total. The molecule has 0 bridgehead atoms. The molecule has 0 atom stereocenters. The second-order valence-electron chi connectivity index (χ2n) is 4.81. The molecule has 2 aromatic heterocycles. The van der Waals surface area contributed by atoms with Crippen molar-refractivity contribution in [2.45, 2.75) is 13.2 Å². The fraction of sp³-hybridized carbons (Fsp3) is 0.188. The van der Waals surface area contributed by atoms with E-state index < -0.39 is 0 Å². The number of rotatable bonds is 6. The number of nitrogens with zero attached hydrogens (tertiary/aromatic N) is 2. The van der Waals surface area contributed by atoms with Gasteiger partial charge in [-0.15, -0.1) is 0 Å². The fourth-order valence-corrected chi connectivity index (χ4v) is 2.05. The van der Waals surface area contributed by atoms with E-state index in [9.17, 15) is 4.79 Å². The number of aromatic nitrogens is 3. The molecule has 0 spiro atoms. The number of esters is 1. The molecule has 0 unspecified atom stereocenters. The first-order valence-electron chi connectivity index (χ1n) is 7.01. The molecule has 22 heavy (non-hydrogen) atoms. The molecule has 0 radical (unpaired) electrons. The van der Waals surface area contributed by atoms with Crippen molar-refractivity contribution in [3.05, 3.63) is 60.0 Å². The number of carbonyl (C=O) groups excluding carboxylic acids is 1. The number of H-pyrrole nitrogens is 1. The molecule has 6 heteroatoms. The zero-order chi connectivity index (χ0) is 15.2. The highest BCUT2D eigenvalue weighted by atomic mass is 16.5. The number of hydrogen-bond donors (Lipinski definition) is 2. The molecule has 0 aliphatic carbocycles. The first kappa shape index (κ1) is 14.2. The lowest BCUT2D eigenvalue weighted by Crippen LogP contribution is -2.24. The minimum atomic E-state index is -0.293. The zero-order valence-electron chi connectivity index (χ0n) is 12.0. The lowest BCUT2D eigenvalue weighted by atomic mass is 10.2. The van der Waals surface area contributed by atoms with Crippen LogP contribution >= 0.6 is 0 Å². The average Bonchev–Trinajstić information content (AvgIpc) is 2.96. The van der Waals surface area contributed by atoms with Crippen molar-refractivity contribution in [2.24, 2.45) is 0 Å². The van der Waals surface area contributed by atoms with Gasteiger partial charge in [0.15, 0.2) is 5.65 Å². The number of hydrogen-bond acceptors (Lipinski definition) is 5. The van der Waals surface area contributed by atoms with Crippen LogP contribution in [-0.4, -0.2) is 27.5 Å². The number of benzene rings is 1. The van der Waals surface area contributed by atoms with Crippen molar-refractivity contribution in [1.29, 1.82) is 0 Å². The monoisotopic (exact) mass is 296 g/mol. The standard InChI is InChI=1S/C16H16N4O2/c21-15(22-11-12-5-2-1-3-6-12)10-17-9-14-19-13-7-4-8-18-16(13)20-14/h1-8,17H,9-11H2,(H,18,19,20). The van der Waals surface area contributed by atoms with Crippen molar-refractivity contribution in [3.8, 4) is 0 Å². The van der Waals surface area contributed by atoms with Gasteiger partial charge in [0.25, 0.3) is 0 Å². The number of ether oxygens (including phenoxy) is 1. The van der Waals surface area contributed by atoms with E-state index in [-0.39, 0.29) is 19.1 Å². The van der Waals surface area contributed by atoms with Gasteiger partial charge in [0, 0.05) is 6.20 Å². The number of pyridine rings is 1. The topological polar surface area (TPSA) is 79.9 Å². The normalized spacial score (nSPS) is 10.7. The summed E-state index contributed by atoms with van der Waals surface area (Å²) in [5, 5.41) is 3.00. The van der Waals surface area contributed by atoms with E-state index in [4.69, 9.17) is 4.74 Å². The van der Waals surface area contributed by atoms with Crippen LogP contribution in [0.25, 0.3) is 11.2 Å². The van der Waals surface area contributed by atoms with Crippen LogP contribution in [0.15, 0.2) is 48.7 Å². The van der Waals surface area contributed by atoms with E-state index in [1.54, 1.807) is 6.20 Å². The predicted octanol–water partition coefficient (Wildman–Crippen LogP) is 1.79. The maximum Gasteiger partial charge on any atom is 0.320 e. The fourth-order valence-electron chi connectivity index (χ4n) is 2.05. The van der Waals surface area contributed by atoms with E-state index in [0.717, 1.165) is 16.9 Å². The van der Waals surface area contributed by atoms with E-state index >= 15 is 0 Å². The van der Waals surface area contributed by atoms with Crippen molar-refractivity contribution < 1.29 is 9.53 Å². The summed E-state index contributed by atoms with van der Waals surface area (Å²) in [4.78, 5) is 23.3. The van der Waals surface area contributed by atoms with Crippen LogP contribution in [0.1, 0.15) is 11.4 Å². The predicted molar refractivity (Wildman–Crippen MR) is 81.8 cm³/mol. The molecule has 0 saturated carbocycles. The molecular weight excluding hydrogens is 280 g/mol. The van der Waals surface area contributed by atoms with Crippen molar-refractivity contribution in [3.63, 3.8) is 0 Å². The largest absolute Gasteiger partial charge is 0.460 e. The van der Waals surface area contributed by atoms with Crippen LogP contribution in [0.5, 0.6) is 0 Å². The minimum absolute atomic E-state index is 0.136. The molecule has 6 nitrogen and oxygen atoms in total. The summed E-state index contributed by atoms with van der Waals surface area (Å²) >= 11 is 0. The van der Waals surface area contributed by atoms with Gasteiger partial charge in [0.1, 0.15) is 12.4 Å². The Bertz CT molecular complexity index is 722. The van der Waals surface area contributed by atoms with Crippen molar-refractivity contribution >= 4 is 17.1 Å². The molecule has 3 aromatic rings. The number of carbonyl (C=O) groups is 1. The molecule has 0 fully saturated rings. The zero-order valence-corrected chi connectivity index (χ0v) is 12.0. The first-order valence-corrected chi connectivity index (χ1v) is 7.01. The Morgan fingerprint density at radius 1 is 1.18 bits per heavy atom. The van der Waals surface area contributed by atoms with Gasteiger partial charge in [-0.3, -0.25) is 10.1 Å². The Balaban J connectivity index is 1.43. The van der Waals surface area contributed by atoms with Crippen LogP contribution in [0.3, 0.4) is 0 Å². The van der Waals surface area contributed by atoms with Gasteiger partial charge < -0.3 is 9.72 Å². The highest BCUT2D eigenvalue weighted by molar-refractivity contribution is 5.72. The number of aromatic amines is 1. The third-order valence-electron chi connectivity index (χ3n) is 3.11. The lowest BCUT2D eigenvalue weighted by Gasteiger charge is -2.05. The smallest absolute Gasteiger partial charge is 0.320 e. The molecular formula is C16H16N4O2. The van der Waals surface area contributed by atoms with Gasteiger partial charge in [-0.05, 0) is 17.7 Å². The maximum absolute atomic E-state index is 11.7. The van der Waals surface area contributed by atoms with Crippen LogP contribution in [0.4, 0.5) is 0 Å². The van der Waals surface area contributed by atoms with Crippen LogP contribution in [0.2, 0.25) is 0 Å². The molecule has 0 aliphatic rings. The molecule has 0 aliphatic heterocycles. The molecule has 0 amide bonds. The third-order valence-corrected chi connectivity index (χ3v) is 3.11. The van der Waals surface area contributed by atoms with Crippen LogP contribution in [0, 0.1) is 0 Å². The summed E-state index contributed by atoms with van der Waals surface area (Å²) in [6.07, 6.45) is 1.70. The second-order valence-corrected chi connectivity index (χ2v) is 4.81. The summed E-state index contributed by atoms with van der Waals surface area (Å²) in [6, 6.07) is 13.3. The summed E-state index contributed by atoms with van der Waals surface area (Å²) in [5.41, 5.74) is 2.52. The summed E-state index contributed by atoms with van der Waals surface area (Å²) in [6.45, 7) is 0.879. The van der Waals surface area contributed by atoms with Gasteiger partial charge in [-0.2, -0.15) is 0 Å². The van der Waals surface area contributed by atoms with Crippen molar-refractivity contribution in [2.75, 3.05) is 6.54 Å². The number of nitrogens with one attached hydrogen (secondary N) is 2. The van der Waals surface area contributed by atoms with Gasteiger partial charge in [0.2, 0.25) is 0 Å². The van der Waals surface area contributed by atoms with Crippen molar-refractivity contribution in [1.82, 2.24) is 20.3 Å². The van der Waals surface area contributed by atoms with Gasteiger partial charge in [-0.25, -0.2) is 9.97 Å². The highest BCUT2D eigenvalue weighted by Crippen LogP contribution is 2.06. The van der Waals surface area contributed by atoms with E-state index in [1.165, 1.54) is 0 Å². The van der Waals surface area contributed by atoms with E-state index in [1.807, 2.05) is 42.5 Å². The Morgan fingerprint density at radius 3 is 2.86 bits per heavy atom. The van der Waals surface area contributed by atoms with Gasteiger partial charge >= 0.3 is 5.97 Å². The van der Waals surface area contributed by atoms with Crippen LogP contribution < -0.4 is 5.32 Å². The quantitative estimate of drug-likeness (QED) is 0.678. The summed E-state index contributed by atoms with van der Waals surface area (Å²) in [7, 11) is 0. The Morgan fingerprint density at radius 2 is 2.05 bits per heavy atom. The average molecular weight is 296 g/mol. The Hall–Kier alpha value is -2.73. The van der Waals surface area contributed by atoms with Crippen LogP contribution in [-0.2, 0) is 22.7 Å². The maximum atomic E-state index is 11.7. The Labute approximate surface area is 127 Å².